The maximum Gasteiger partial charge on any atom is 0.227 e. The molecule has 1 N–H and O–H groups in total. The molecule has 7 heteroatoms. The summed E-state index contributed by atoms with van der Waals surface area (Å²) in [5.41, 5.74) is 0.430. The summed E-state index contributed by atoms with van der Waals surface area (Å²) in [5, 5.41) is 21.4. The lowest BCUT2D eigenvalue weighted by Crippen LogP contribution is -2.46. The molecule has 0 bridgehead atoms. The molecular weight excluding hydrogens is 432 g/mol. The van der Waals surface area contributed by atoms with Crippen molar-refractivity contribution in [1.82, 2.24) is 4.90 Å². The number of amides is 1. The van der Waals surface area contributed by atoms with E-state index in [-0.39, 0.29) is 30.1 Å². The van der Waals surface area contributed by atoms with Gasteiger partial charge >= 0.3 is 0 Å². The van der Waals surface area contributed by atoms with Crippen molar-refractivity contribution in [2.75, 3.05) is 34.4 Å². The van der Waals surface area contributed by atoms with Crippen molar-refractivity contribution in [2.45, 2.75) is 31.3 Å². The Kier molecular flexibility index (Phi) is 6.99. The summed E-state index contributed by atoms with van der Waals surface area (Å²) in [6.45, 7) is 1.06. The van der Waals surface area contributed by atoms with Crippen LogP contribution in [0.2, 0.25) is 0 Å². The molecule has 1 aliphatic carbocycles. The molecule has 1 amide bonds. The summed E-state index contributed by atoms with van der Waals surface area (Å²) in [7, 11) is 4.75. The predicted molar refractivity (Wildman–Crippen MR) is 127 cm³/mol. The Bertz CT molecular complexity index is 1080. The van der Waals surface area contributed by atoms with Crippen LogP contribution in [-0.4, -0.2) is 50.3 Å². The summed E-state index contributed by atoms with van der Waals surface area (Å²) in [5.74, 6) is 1.94. The van der Waals surface area contributed by atoms with Crippen LogP contribution < -0.4 is 14.2 Å². The molecule has 4 atom stereocenters. The number of aliphatic hydroxyl groups is 1. The van der Waals surface area contributed by atoms with Gasteiger partial charge < -0.3 is 24.2 Å². The molecule has 1 saturated heterocycles. The summed E-state index contributed by atoms with van der Waals surface area (Å²) in [6.07, 6.45) is 1.95. The van der Waals surface area contributed by atoms with Crippen LogP contribution in [0.5, 0.6) is 17.2 Å². The summed E-state index contributed by atoms with van der Waals surface area (Å²) < 4.78 is 16.2. The SMILES string of the molecule is COc1ccc(CC(=O)N2C[C@@H]3C[C@@H](CC#N)C[C@@](O)(c4ccccc4OC)[C@@H]3C2)cc1OC. The normalized spacial score (nSPS) is 25.9. The Morgan fingerprint density at radius 1 is 1.09 bits per heavy atom. The Morgan fingerprint density at radius 3 is 2.53 bits per heavy atom. The fourth-order valence-corrected chi connectivity index (χ4v) is 5.83. The van der Waals surface area contributed by atoms with E-state index in [0.717, 1.165) is 17.5 Å². The van der Waals surface area contributed by atoms with Crippen LogP contribution in [0.4, 0.5) is 0 Å². The van der Waals surface area contributed by atoms with E-state index >= 15 is 0 Å². The molecule has 1 saturated carbocycles. The third-order valence-electron chi connectivity index (χ3n) is 7.40. The number of carbonyl (C=O) groups excluding carboxylic acids is 1. The highest BCUT2D eigenvalue weighted by Crippen LogP contribution is 2.52. The molecule has 2 fully saturated rings. The molecular formula is C27H32N2O5. The monoisotopic (exact) mass is 464 g/mol. The first-order valence-corrected chi connectivity index (χ1v) is 11.6. The van der Waals surface area contributed by atoms with Gasteiger partial charge in [0, 0.05) is 31.0 Å². The summed E-state index contributed by atoms with van der Waals surface area (Å²) in [4.78, 5) is 15.1. The fraction of sp³-hybridized carbons (Fsp3) is 0.481. The van der Waals surface area contributed by atoms with Crippen molar-refractivity contribution in [3.8, 4) is 23.3 Å². The average Bonchev–Trinajstić information content (AvgIpc) is 3.29. The van der Waals surface area contributed by atoms with E-state index < -0.39 is 5.60 Å². The van der Waals surface area contributed by atoms with E-state index in [9.17, 15) is 15.2 Å². The van der Waals surface area contributed by atoms with Crippen LogP contribution in [0.3, 0.4) is 0 Å². The largest absolute Gasteiger partial charge is 0.496 e. The Morgan fingerprint density at radius 2 is 1.82 bits per heavy atom. The number of hydrogen-bond donors (Lipinski definition) is 1. The lowest BCUT2D eigenvalue weighted by Gasteiger charge is -2.45. The number of nitriles is 1. The van der Waals surface area contributed by atoms with Crippen LogP contribution in [0.15, 0.2) is 42.5 Å². The minimum absolute atomic E-state index is 0.0147. The zero-order chi connectivity index (χ0) is 24.3. The van der Waals surface area contributed by atoms with Gasteiger partial charge in [-0.15, -0.1) is 0 Å². The standard InChI is InChI=1S/C27H32N2O5/c1-32-23-7-5-4-6-21(23)27(31)15-19(10-11-28)12-20-16-29(17-22(20)27)26(30)14-18-8-9-24(33-2)25(13-18)34-3/h4-9,13,19-20,22,31H,10,12,14-17H2,1-3H3/t19-,20+,22-,27-/m1/s1. The number of methoxy groups -OCH3 is 3. The molecule has 2 aliphatic rings. The van der Waals surface area contributed by atoms with Gasteiger partial charge in [-0.2, -0.15) is 5.26 Å². The van der Waals surface area contributed by atoms with Gasteiger partial charge in [0.1, 0.15) is 5.75 Å². The number of para-hydroxylation sites is 1. The molecule has 2 aromatic rings. The first kappa shape index (κ1) is 23.9. The molecule has 4 rings (SSSR count). The highest BCUT2D eigenvalue weighted by molar-refractivity contribution is 5.79. The maximum atomic E-state index is 13.3. The smallest absolute Gasteiger partial charge is 0.227 e. The predicted octanol–water partition coefficient (Wildman–Crippen LogP) is 3.54. The number of carbonyl (C=O) groups is 1. The van der Waals surface area contributed by atoms with Crippen molar-refractivity contribution in [2.24, 2.45) is 17.8 Å². The van der Waals surface area contributed by atoms with E-state index in [2.05, 4.69) is 6.07 Å². The van der Waals surface area contributed by atoms with Gasteiger partial charge in [-0.1, -0.05) is 24.3 Å². The molecule has 7 nitrogen and oxygen atoms in total. The molecule has 0 aromatic heterocycles. The summed E-state index contributed by atoms with van der Waals surface area (Å²) >= 11 is 0. The second kappa shape index (κ2) is 9.94. The van der Waals surface area contributed by atoms with E-state index in [1.165, 1.54) is 0 Å². The fourth-order valence-electron chi connectivity index (χ4n) is 5.83. The Labute approximate surface area is 200 Å². The van der Waals surface area contributed by atoms with Gasteiger partial charge in [-0.25, -0.2) is 0 Å². The lowest BCUT2D eigenvalue weighted by molar-refractivity contribution is -0.130. The van der Waals surface area contributed by atoms with E-state index in [1.54, 1.807) is 27.4 Å². The number of benzene rings is 2. The van der Waals surface area contributed by atoms with Crippen LogP contribution in [0.1, 0.15) is 30.4 Å². The first-order chi connectivity index (χ1) is 16.4. The molecule has 34 heavy (non-hydrogen) atoms. The van der Waals surface area contributed by atoms with Gasteiger partial charge in [0.15, 0.2) is 11.5 Å². The molecule has 1 aliphatic heterocycles. The zero-order valence-electron chi connectivity index (χ0n) is 20.0. The molecule has 0 unspecified atom stereocenters. The number of rotatable bonds is 7. The average molecular weight is 465 g/mol. The van der Waals surface area contributed by atoms with Crippen LogP contribution in [0, 0.1) is 29.1 Å². The van der Waals surface area contributed by atoms with Gasteiger partial charge in [-0.3, -0.25) is 4.79 Å². The lowest BCUT2D eigenvalue weighted by atomic mass is 9.63. The molecule has 1 heterocycles. The zero-order valence-corrected chi connectivity index (χ0v) is 20.0. The van der Waals surface area contributed by atoms with Gasteiger partial charge in [0.25, 0.3) is 0 Å². The van der Waals surface area contributed by atoms with Crippen molar-refractivity contribution in [1.29, 1.82) is 5.26 Å². The van der Waals surface area contributed by atoms with Gasteiger partial charge in [-0.05, 0) is 48.4 Å². The molecule has 0 radical (unpaired) electrons. The Hall–Kier alpha value is -3.24. The molecule has 2 aromatic carbocycles. The maximum absolute atomic E-state index is 13.3. The number of fused-ring (bicyclic) bond motifs is 1. The minimum Gasteiger partial charge on any atom is -0.496 e. The van der Waals surface area contributed by atoms with E-state index in [4.69, 9.17) is 14.2 Å². The quantitative estimate of drug-likeness (QED) is 0.674. The number of nitrogens with zero attached hydrogens (tertiary/aromatic N) is 2. The number of hydrogen-bond acceptors (Lipinski definition) is 6. The van der Waals surface area contributed by atoms with Crippen LogP contribution in [-0.2, 0) is 16.8 Å². The number of likely N-dealkylation sites (tertiary alicyclic amines) is 1. The van der Waals surface area contributed by atoms with Gasteiger partial charge in [0.05, 0.1) is 39.4 Å². The van der Waals surface area contributed by atoms with Crippen LogP contribution >= 0.6 is 0 Å². The third-order valence-corrected chi connectivity index (χ3v) is 7.40. The minimum atomic E-state index is -1.16. The van der Waals surface area contributed by atoms with Gasteiger partial charge in [0.2, 0.25) is 5.91 Å². The highest BCUT2D eigenvalue weighted by atomic mass is 16.5. The number of ether oxygens (including phenoxy) is 3. The second-order valence-electron chi connectivity index (χ2n) is 9.32. The Balaban J connectivity index is 1.58. The van der Waals surface area contributed by atoms with Crippen molar-refractivity contribution < 1.29 is 24.1 Å². The van der Waals surface area contributed by atoms with Crippen molar-refractivity contribution >= 4 is 5.91 Å². The van der Waals surface area contributed by atoms with Crippen LogP contribution in [0.25, 0.3) is 0 Å². The topological polar surface area (TPSA) is 92.0 Å². The molecule has 180 valence electrons. The highest BCUT2D eigenvalue weighted by Gasteiger charge is 2.53. The first-order valence-electron chi connectivity index (χ1n) is 11.6. The summed E-state index contributed by atoms with van der Waals surface area (Å²) in [6, 6.07) is 15.3. The third kappa shape index (κ3) is 4.43. The van der Waals surface area contributed by atoms with Crippen molar-refractivity contribution in [3.05, 3.63) is 53.6 Å². The second-order valence-corrected chi connectivity index (χ2v) is 9.32. The van der Waals surface area contributed by atoms with E-state index in [1.807, 2.05) is 41.3 Å². The van der Waals surface area contributed by atoms with E-state index in [0.29, 0.717) is 43.2 Å². The molecule has 0 spiro atoms. The van der Waals surface area contributed by atoms with Crippen molar-refractivity contribution in [3.63, 3.8) is 0 Å².